The van der Waals surface area contributed by atoms with E-state index >= 15 is 0 Å². The van der Waals surface area contributed by atoms with E-state index in [4.69, 9.17) is 9.15 Å². The molecule has 0 unspecified atom stereocenters. The molecule has 4 aromatic rings. The van der Waals surface area contributed by atoms with E-state index in [0.29, 0.717) is 38.6 Å². The molecule has 1 aliphatic heterocycles. The van der Waals surface area contributed by atoms with Crippen LogP contribution in [-0.2, 0) is 24.2 Å². The van der Waals surface area contributed by atoms with Crippen molar-refractivity contribution < 1.29 is 13.9 Å². The summed E-state index contributed by atoms with van der Waals surface area (Å²) >= 11 is 1.40. The summed E-state index contributed by atoms with van der Waals surface area (Å²) in [6.07, 6.45) is 2.39. The van der Waals surface area contributed by atoms with Gasteiger partial charge in [-0.3, -0.25) is 4.79 Å². The minimum absolute atomic E-state index is 0.0426. The summed E-state index contributed by atoms with van der Waals surface area (Å²) in [6, 6.07) is 9.64. The highest BCUT2D eigenvalue weighted by atomic mass is 32.1. The minimum atomic E-state index is -0.0843. The maximum Gasteiger partial charge on any atom is 0.259 e. The normalized spacial score (nSPS) is 13.1. The van der Waals surface area contributed by atoms with E-state index in [1.165, 1.54) is 11.3 Å². The highest BCUT2D eigenvalue weighted by Crippen LogP contribution is 2.28. The zero-order valence-corrected chi connectivity index (χ0v) is 17.8. The van der Waals surface area contributed by atoms with Crippen molar-refractivity contribution in [2.24, 2.45) is 0 Å². The van der Waals surface area contributed by atoms with Gasteiger partial charge in [0.2, 0.25) is 11.8 Å². The Morgan fingerprint density at radius 3 is 3.00 bits per heavy atom. The van der Waals surface area contributed by atoms with Gasteiger partial charge >= 0.3 is 0 Å². The zero-order chi connectivity index (χ0) is 21.8. The summed E-state index contributed by atoms with van der Waals surface area (Å²) in [5, 5.41) is 22.8. The van der Waals surface area contributed by atoms with Gasteiger partial charge in [-0.15, -0.1) is 10.2 Å². The summed E-state index contributed by atoms with van der Waals surface area (Å²) in [5.74, 6) is 1.36. The van der Waals surface area contributed by atoms with Gasteiger partial charge in [-0.05, 0) is 12.1 Å². The molecule has 0 saturated heterocycles. The van der Waals surface area contributed by atoms with Crippen LogP contribution in [0.5, 0.6) is 5.75 Å². The Morgan fingerprint density at radius 2 is 2.09 bits per heavy atom. The number of benzene rings is 1. The van der Waals surface area contributed by atoms with Crippen molar-refractivity contribution >= 4 is 22.4 Å². The molecular weight excluding hydrogens is 432 g/mol. The van der Waals surface area contributed by atoms with Crippen LogP contribution in [0.3, 0.4) is 0 Å². The number of ether oxygens (including phenoxy) is 1. The van der Waals surface area contributed by atoms with Crippen molar-refractivity contribution in [1.29, 1.82) is 0 Å². The molecule has 1 aliphatic rings. The zero-order valence-electron chi connectivity index (χ0n) is 17.0. The number of thiazole rings is 1. The molecule has 4 heterocycles. The molecule has 0 atom stereocenters. The summed E-state index contributed by atoms with van der Waals surface area (Å²) in [6.45, 7) is 2.15. The Morgan fingerprint density at radius 1 is 1.22 bits per heavy atom. The molecular formula is C20H20N8O3S. The van der Waals surface area contributed by atoms with Crippen molar-refractivity contribution in [2.45, 2.75) is 19.4 Å². The van der Waals surface area contributed by atoms with Crippen molar-refractivity contribution in [3.63, 3.8) is 0 Å². The molecule has 11 nitrogen and oxygen atoms in total. The first-order chi connectivity index (χ1) is 15.7. The average molecular weight is 453 g/mol. The molecule has 0 bridgehead atoms. The lowest BCUT2D eigenvalue weighted by Gasteiger charge is -2.24. The summed E-state index contributed by atoms with van der Waals surface area (Å²) in [5.41, 5.74) is 1.71. The van der Waals surface area contributed by atoms with Crippen LogP contribution in [0.4, 0.5) is 5.13 Å². The van der Waals surface area contributed by atoms with E-state index in [2.05, 4.69) is 35.9 Å². The molecule has 12 heteroatoms. The number of rotatable bonds is 8. The van der Waals surface area contributed by atoms with Crippen LogP contribution in [0.1, 0.15) is 17.3 Å². The van der Waals surface area contributed by atoms with Crippen molar-refractivity contribution in [3.05, 3.63) is 53.8 Å². The molecule has 164 valence electrons. The fraction of sp³-hybridized carbons (Fsp3) is 0.300. The van der Waals surface area contributed by atoms with Crippen LogP contribution in [0.15, 0.2) is 40.9 Å². The lowest BCUT2D eigenvalue weighted by atomic mass is 10.1. The standard InChI is InChI=1S/C20H20N8O3S/c29-18(28-8-6-14-15(12-28)24-27-23-14)10-17-25-26-19(31-17)16-11-22-20(32-16)21-7-9-30-13-4-2-1-3-5-13/h1-5,11H,6-10,12H2,(H,21,22)(H,23,24,27). The van der Waals surface area contributed by atoms with Crippen LogP contribution in [0.2, 0.25) is 0 Å². The molecule has 0 radical (unpaired) electrons. The maximum atomic E-state index is 12.6. The molecule has 1 aromatic carbocycles. The van der Waals surface area contributed by atoms with Gasteiger partial charge < -0.3 is 19.4 Å². The van der Waals surface area contributed by atoms with Crippen LogP contribution >= 0.6 is 11.3 Å². The summed E-state index contributed by atoms with van der Waals surface area (Å²) in [4.78, 5) is 19.4. The van der Waals surface area contributed by atoms with Crippen molar-refractivity contribution in [3.8, 4) is 16.5 Å². The minimum Gasteiger partial charge on any atom is -0.492 e. The number of anilines is 1. The van der Waals surface area contributed by atoms with Gasteiger partial charge in [0.15, 0.2) is 5.13 Å². The number of nitrogens with one attached hydrogen (secondary N) is 2. The Labute approximate surface area is 186 Å². The molecule has 5 rings (SSSR count). The molecule has 0 spiro atoms. The molecule has 1 amide bonds. The van der Waals surface area contributed by atoms with Crippen LogP contribution in [0.25, 0.3) is 10.8 Å². The third-order valence-corrected chi connectivity index (χ3v) is 5.83. The highest BCUT2D eigenvalue weighted by molar-refractivity contribution is 7.18. The van der Waals surface area contributed by atoms with Gasteiger partial charge in [0.05, 0.1) is 25.0 Å². The summed E-state index contributed by atoms with van der Waals surface area (Å²) in [7, 11) is 0. The number of hydrogen-bond acceptors (Lipinski definition) is 10. The maximum absolute atomic E-state index is 12.6. The molecule has 2 N–H and O–H groups in total. The number of para-hydroxylation sites is 1. The number of aromatic nitrogens is 6. The number of nitrogens with zero attached hydrogens (tertiary/aromatic N) is 6. The molecule has 32 heavy (non-hydrogen) atoms. The lowest BCUT2D eigenvalue weighted by Crippen LogP contribution is -2.37. The number of hydrogen-bond donors (Lipinski definition) is 2. The Bertz CT molecular complexity index is 1190. The van der Waals surface area contributed by atoms with Crippen molar-refractivity contribution in [2.75, 3.05) is 25.0 Å². The Hall–Kier alpha value is -3.80. The number of aromatic amines is 1. The largest absolute Gasteiger partial charge is 0.492 e. The molecule has 0 saturated carbocycles. The Balaban J connectivity index is 1.12. The first kappa shape index (κ1) is 20.1. The van der Waals surface area contributed by atoms with Gasteiger partial charge in [0.1, 0.15) is 29.3 Å². The number of fused-ring (bicyclic) bond motifs is 1. The topological polar surface area (TPSA) is 135 Å². The predicted molar refractivity (Wildman–Crippen MR) is 115 cm³/mol. The molecule has 3 aromatic heterocycles. The quantitative estimate of drug-likeness (QED) is 0.384. The smallest absolute Gasteiger partial charge is 0.259 e. The SMILES string of the molecule is O=C(Cc1nnc(-c2cnc(NCCOc3ccccc3)s2)o1)N1CCc2n[nH]nc2C1. The second-order valence-corrected chi connectivity index (χ2v) is 8.11. The van der Waals surface area contributed by atoms with E-state index in [-0.39, 0.29) is 18.2 Å². The van der Waals surface area contributed by atoms with Gasteiger partial charge in [0.25, 0.3) is 5.89 Å². The summed E-state index contributed by atoms with van der Waals surface area (Å²) < 4.78 is 11.3. The van der Waals surface area contributed by atoms with E-state index in [1.54, 1.807) is 11.1 Å². The monoisotopic (exact) mass is 452 g/mol. The number of H-pyrrole nitrogens is 1. The van der Waals surface area contributed by atoms with Gasteiger partial charge in [-0.1, -0.05) is 29.5 Å². The van der Waals surface area contributed by atoms with Crippen molar-refractivity contribution in [1.82, 2.24) is 35.5 Å². The van der Waals surface area contributed by atoms with E-state index < -0.39 is 0 Å². The molecule has 0 aliphatic carbocycles. The number of carbonyl (C=O) groups is 1. The first-order valence-electron chi connectivity index (χ1n) is 10.1. The van der Waals surface area contributed by atoms with E-state index in [1.807, 2.05) is 30.3 Å². The van der Waals surface area contributed by atoms with E-state index in [9.17, 15) is 4.79 Å². The third kappa shape index (κ3) is 4.59. The van der Waals surface area contributed by atoms with Gasteiger partial charge in [-0.2, -0.15) is 15.4 Å². The fourth-order valence-electron chi connectivity index (χ4n) is 3.28. The first-order valence-corrected chi connectivity index (χ1v) is 10.9. The van der Waals surface area contributed by atoms with Crippen LogP contribution in [-0.4, -0.2) is 61.1 Å². The number of carbonyl (C=O) groups excluding carboxylic acids is 1. The van der Waals surface area contributed by atoms with Gasteiger partial charge in [-0.25, -0.2) is 4.98 Å². The lowest BCUT2D eigenvalue weighted by molar-refractivity contribution is -0.131. The second-order valence-electron chi connectivity index (χ2n) is 7.08. The second kappa shape index (κ2) is 9.14. The fourth-order valence-corrected chi connectivity index (χ4v) is 4.04. The van der Waals surface area contributed by atoms with E-state index in [0.717, 1.165) is 27.1 Å². The average Bonchev–Trinajstić information content (AvgIpc) is 3.57. The Kier molecular flexibility index (Phi) is 5.75. The molecule has 0 fully saturated rings. The number of amides is 1. The third-order valence-electron chi connectivity index (χ3n) is 4.89. The van der Waals surface area contributed by atoms with Crippen LogP contribution < -0.4 is 10.1 Å². The van der Waals surface area contributed by atoms with Crippen LogP contribution in [0, 0.1) is 0 Å². The predicted octanol–water partition coefficient (Wildman–Crippen LogP) is 1.93. The van der Waals surface area contributed by atoms with Gasteiger partial charge in [0, 0.05) is 13.0 Å². The highest BCUT2D eigenvalue weighted by Gasteiger charge is 2.25.